The number of rotatable bonds is 3. The fourth-order valence-corrected chi connectivity index (χ4v) is 7.04. The van der Waals surface area contributed by atoms with Crippen LogP contribution >= 0.6 is 7.53 Å². The van der Waals surface area contributed by atoms with Gasteiger partial charge in [0, 0.05) is 15.5 Å². The van der Waals surface area contributed by atoms with E-state index in [1.54, 1.807) is 12.1 Å². The summed E-state index contributed by atoms with van der Waals surface area (Å²) in [5, 5.41) is 3.82. The van der Waals surface area contributed by atoms with E-state index >= 15 is 0 Å². The van der Waals surface area contributed by atoms with E-state index in [4.69, 9.17) is 0 Å². The second-order valence-electron chi connectivity index (χ2n) is 5.94. The van der Waals surface area contributed by atoms with Crippen molar-refractivity contribution in [3.8, 4) is 5.30 Å². The lowest BCUT2D eigenvalue weighted by Gasteiger charge is -2.11. The Hall–Kier alpha value is -2.22. The summed E-state index contributed by atoms with van der Waals surface area (Å²) in [6.45, 7) is 0. The first-order valence-electron chi connectivity index (χ1n) is 7.72. The Morgan fingerprint density at radius 1 is 0.630 bits per heavy atom. The fraction of sp³-hybridized carbons (Fsp3) is 0. The van der Waals surface area contributed by atoms with Gasteiger partial charge in [-0.15, -0.1) is 0 Å². The van der Waals surface area contributed by atoms with Gasteiger partial charge in [-0.25, -0.2) is 16.8 Å². The minimum absolute atomic E-state index is 0.339. The highest BCUT2D eigenvalue weighted by molar-refractivity contribution is 7.86. The molecule has 0 amide bonds. The molecule has 0 bridgehead atoms. The van der Waals surface area contributed by atoms with Gasteiger partial charge in [0.2, 0.25) is 0 Å². The van der Waals surface area contributed by atoms with Gasteiger partial charge in [0.05, 0.1) is 9.79 Å². The lowest BCUT2D eigenvalue weighted by atomic mass is 10.2. The van der Waals surface area contributed by atoms with Crippen LogP contribution in [0.2, 0.25) is 0 Å². The highest BCUT2D eigenvalue weighted by atomic mass is 32.2. The first kappa shape index (κ1) is 18.2. The maximum Gasteiger partial charge on any atom is 0.124 e. The van der Waals surface area contributed by atoms with Crippen LogP contribution in [0.25, 0.3) is 26.3 Å². The van der Waals surface area contributed by atoms with E-state index in [2.05, 4.69) is 0 Å². The van der Waals surface area contributed by atoms with E-state index in [-0.39, 0.29) is 9.79 Å². The molecule has 0 N–H and O–H groups in total. The average Bonchev–Trinajstić information content (AvgIpc) is 2.94. The molecule has 1 unspecified atom stereocenters. The molecule has 27 heavy (non-hydrogen) atoms. The lowest BCUT2D eigenvalue weighted by molar-refractivity contribution is 0.461. The molecule has 1 heterocycles. The minimum Gasteiger partial charge on any atom is -0.744 e. The van der Waals surface area contributed by atoms with Crippen LogP contribution in [0.3, 0.4) is 0 Å². The topological polar surface area (TPSA) is 114 Å². The molecule has 0 radical (unpaired) electrons. The van der Waals surface area contributed by atoms with Crippen LogP contribution in [-0.4, -0.2) is 25.9 Å². The smallest absolute Gasteiger partial charge is 0.124 e. The molecule has 0 aliphatic heterocycles. The normalized spacial score (nSPS) is 13.3. The molecule has 3 aromatic carbocycles. The Balaban J connectivity index is 2.15. The summed E-state index contributed by atoms with van der Waals surface area (Å²) in [7, 11) is -10.6. The molecule has 138 valence electrons. The largest absolute Gasteiger partial charge is 0.744 e. The summed E-state index contributed by atoms with van der Waals surface area (Å²) in [4.78, 5) is -0.685. The molecule has 1 aromatic heterocycles. The van der Waals surface area contributed by atoms with Crippen molar-refractivity contribution in [2.45, 2.75) is 9.79 Å². The van der Waals surface area contributed by atoms with Crippen LogP contribution in [0.4, 0.5) is 0 Å². The molecule has 6 nitrogen and oxygen atoms in total. The summed E-state index contributed by atoms with van der Waals surface area (Å²) in [6.07, 6.45) is 0. The molecule has 0 fully saturated rings. The van der Waals surface area contributed by atoms with Crippen molar-refractivity contribution in [2.75, 3.05) is 0 Å². The van der Waals surface area contributed by atoms with Gasteiger partial charge in [0.15, 0.2) is 0 Å². The summed E-state index contributed by atoms with van der Waals surface area (Å²) < 4.78 is 68.6. The van der Waals surface area contributed by atoms with Crippen LogP contribution < -0.4 is 0 Å². The SMILES string of the molecule is O=S(=O)([O-])c1cccc(-p2c3ccccc3c3ccc(S(=O)(=O)[O-])cc32)c1. The number of hydrogen-bond acceptors (Lipinski definition) is 6. The van der Waals surface area contributed by atoms with Crippen molar-refractivity contribution in [3.63, 3.8) is 0 Å². The fourth-order valence-electron chi connectivity index (χ4n) is 3.16. The molecule has 0 spiro atoms. The third-order valence-electron chi connectivity index (χ3n) is 4.30. The van der Waals surface area contributed by atoms with Crippen LogP contribution in [-0.2, 0) is 20.2 Å². The average molecular weight is 418 g/mol. The van der Waals surface area contributed by atoms with Crippen molar-refractivity contribution in [1.29, 1.82) is 0 Å². The second-order valence-corrected chi connectivity index (χ2v) is 10.8. The number of benzene rings is 3. The maximum absolute atomic E-state index is 11.5. The van der Waals surface area contributed by atoms with Crippen molar-refractivity contribution < 1.29 is 25.9 Å². The van der Waals surface area contributed by atoms with Gasteiger partial charge >= 0.3 is 0 Å². The van der Waals surface area contributed by atoms with Crippen molar-refractivity contribution in [3.05, 3.63) is 66.7 Å². The predicted molar refractivity (Wildman–Crippen MR) is 101 cm³/mol. The molecule has 9 heteroatoms. The molecule has 1 atom stereocenters. The van der Waals surface area contributed by atoms with E-state index in [1.807, 2.05) is 24.3 Å². The highest BCUT2D eigenvalue weighted by Crippen LogP contribution is 2.55. The molecule has 0 saturated carbocycles. The molecule has 0 aliphatic carbocycles. The predicted octanol–water partition coefficient (Wildman–Crippen LogP) is 3.78. The third-order valence-corrected chi connectivity index (χ3v) is 8.48. The van der Waals surface area contributed by atoms with E-state index < -0.39 is 27.8 Å². The quantitative estimate of drug-likeness (QED) is 0.468. The van der Waals surface area contributed by atoms with Gasteiger partial charge in [-0.05, 0) is 35.0 Å². The van der Waals surface area contributed by atoms with E-state index in [0.717, 1.165) is 15.9 Å². The first-order chi connectivity index (χ1) is 12.7. The van der Waals surface area contributed by atoms with E-state index in [1.165, 1.54) is 30.3 Å². The molecule has 0 aliphatic rings. The van der Waals surface area contributed by atoms with Crippen molar-refractivity contribution >= 4 is 48.8 Å². The van der Waals surface area contributed by atoms with E-state index in [0.29, 0.717) is 10.4 Å². The standard InChI is InChI=1S/C18H13O6PS2/c19-26(20,21)13-5-3-4-12(10-13)25-17-7-2-1-6-15(17)16-9-8-14(11-18(16)25)27(22,23)24/h1-11H,(H,19,20,21)(H,22,23,24)/p-2. The number of hydrogen-bond donors (Lipinski definition) is 0. The van der Waals surface area contributed by atoms with Crippen LogP contribution in [0.1, 0.15) is 0 Å². The van der Waals surface area contributed by atoms with E-state index in [9.17, 15) is 25.9 Å². The molecule has 4 aromatic rings. The van der Waals surface area contributed by atoms with Gasteiger partial charge in [-0.2, -0.15) is 0 Å². The first-order valence-corrected chi connectivity index (χ1v) is 11.9. The van der Waals surface area contributed by atoms with Crippen molar-refractivity contribution in [2.24, 2.45) is 0 Å². The van der Waals surface area contributed by atoms with Gasteiger partial charge in [0.1, 0.15) is 20.2 Å². The summed E-state index contributed by atoms with van der Waals surface area (Å²) in [5.74, 6) is 0. The summed E-state index contributed by atoms with van der Waals surface area (Å²) >= 11 is 0. The Morgan fingerprint density at radius 3 is 1.96 bits per heavy atom. The Kier molecular flexibility index (Phi) is 4.14. The maximum atomic E-state index is 11.5. The summed E-state index contributed by atoms with van der Waals surface area (Å²) in [5.41, 5.74) is 0. The molecule has 0 saturated heterocycles. The molecular weight excluding hydrogens is 407 g/mol. The lowest BCUT2D eigenvalue weighted by Crippen LogP contribution is -1.98. The molecular formula is C18H11O6PS2-2. The zero-order valence-corrected chi connectivity index (χ0v) is 16.1. The summed E-state index contributed by atoms with van der Waals surface area (Å²) in [6, 6.07) is 17.4. The van der Waals surface area contributed by atoms with Gasteiger partial charge in [-0.1, -0.05) is 50.0 Å². The Bertz CT molecular complexity index is 1420. The van der Waals surface area contributed by atoms with Crippen LogP contribution in [0.15, 0.2) is 76.5 Å². The minimum atomic E-state index is -4.63. The van der Waals surface area contributed by atoms with Crippen LogP contribution in [0.5, 0.6) is 0 Å². The monoisotopic (exact) mass is 418 g/mol. The van der Waals surface area contributed by atoms with Crippen molar-refractivity contribution in [1.82, 2.24) is 0 Å². The third kappa shape index (κ3) is 3.16. The zero-order chi connectivity index (χ0) is 19.4. The second kappa shape index (κ2) is 6.15. The Labute approximate surface area is 156 Å². The zero-order valence-electron chi connectivity index (χ0n) is 13.6. The van der Waals surface area contributed by atoms with Gasteiger partial charge < -0.3 is 9.11 Å². The van der Waals surface area contributed by atoms with Gasteiger partial charge in [0.25, 0.3) is 0 Å². The Morgan fingerprint density at radius 2 is 1.26 bits per heavy atom. The number of fused-ring (bicyclic) bond motifs is 3. The van der Waals surface area contributed by atoms with Gasteiger partial charge in [-0.3, -0.25) is 0 Å². The highest BCUT2D eigenvalue weighted by Gasteiger charge is 2.16. The molecule has 4 rings (SSSR count). The van der Waals surface area contributed by atoms with Crippen LogP contribution in [0, 0.1) is 0 Å².